The van der Waals surface area contributed by atoms with E-state index in [-0.39, 0.29) is 5.69 Å². The SMILES string of the molecule is COc1cc2nc(C)nc(N[C@H](C)c3cc(N)cc(C(F)(F)F)c3)c2cc1OC. The molecule has 3 aromatic rings. The van der Waals surface area contributed by atoms with Gasteiger partial charge in [-0.15, -0.1) is 0 Å². The molecule has 0 saturated carbocycles. The lowest BCUT2D eigenvalue weighted by atomic mass is 10.0. The lowest BCUT2D eigenvalue weighted by molar-refractivity contribution is -0.137. The predicted molar refractivity (Wildman–Crippen MR) is 105 cm³/mol. The third kappa shape index (κ3) is 4.28. The molecule has 6 nitrogen and oxygen atoms in total. The molecule has 1 aromatic heterocycles. The number of nitrogens with two attached hydrogens (primary N) is 1. The first-order valence-electron chi connectivity index (χ1n) is 8.77. The number of ether oxygens (including phenoxy) is 2. The molecule has 29 heavy (non-hydrogen) atoms. The van der Waals surface area contributed by atoms with Crippen LogP contribution in [0.3, 0.4) is 0 Å². The van der Waals surface area contributed by atoms with E-state index in [9.17, 15) is 13.2 Å². The van der Waals surface area contributed by atoms with Crippen LogP contribution < -0.4 is 20.5 Å². The van der Waals surface area contributed by atoms with E-state index in [4.69, 9.17) is 15.2 Å². The minimum Gasteiger partial charge on any atom is -0.493 e. The minimum atomic E-state index is -4.48. The average molecular weight is 406 g/mol. The van der Waals surface area contributed by atoms with Crippen molar-refractivity contribution in [3.05, 3.63) is 47.3 Å². The van der Waals surface area contributed by atoms with Crippen molar-refractivity contribution in [2.45, 2.75) is 26.1 Å². The molecule has 9 heteroatoms. The maximum atomic E-state index is 13.1. The second-order valence-electron chi connectivity index (χ2n) is 6.60. The Hall–Kier alpha value is -3.23. The van der Waals surface area contributed by atoms with Gasteiger partial charge in [-0.1, -0.05) is 0 Å². The van der Waals surface area contributed by atoms with Gasteiger partial charge >= 0.3 is 6.18 Å². The van der Waals surface area contributed by atoms with Crippen LogP contribution >= 0.6 is 0 Å². The van der Waals surface area contributed by atoms with Gasteiger partial charge in [0.15, 0.2) is 11.5 Å². The summed E-state index contributed by atoms with van der Waals surface area (Å²) in [5, 5.41) is 3.82. The number of nitrogen functional groups attached to an aromatic ring is 1. The highest BCUT2D eigenvalue weighted by Crippen LogP contribution is 2.36. The van der Waals surface area contributed by atoms with E-state index in [1.54, 1.807) is 26.0 Å². The van der Waals surface area contributed by atoms with E-state index in [0.717, 1.165) is 12.1 Å². The summed E-state index contributed by atoms with van der Waals surface area (Å²) in [5.41, 5.74) is 5.94. The number of benzene rings is 2. The molecule has 0 radical (unpaired) electrons. The van der Waals surface area contributed by atoms with Gasteiger partial charge in [0.1, 0.15) is 11.6 Å². The van der Waals surface area contributed by atoms with Crippen LogP contribution in [-0.2, 0) is 6.18 Å². The summed E-state index contributed by atoms with van der Waals surface area (Å²) in [7, 11) is 3.04. The van der Waals surface area contributed by atoms with Crippen molar-refractivity contribution in [1.29, 1.82) is 0 Å². The Labute approximate surface area is 165 Å². The summed E-state index contributed by atoms with van der Waals surface area (Å²) in [5.74, 6) is 1.98. The van der Waals surface area contributed by atoms with Crippen molar-refractivity contribution >= 4 is 22.4 Å². The number of rotatable bonds is 5. The van der Waals surface area contributed by atoms with Gasteiger partial charge in [0.2, 0.25) is 0 Å². The van der Waals surface area contributed by atoms with Crippen LogP contribution in [0.1, 0.15) is 29.9 Å². The summed E-state index contributed by atoms with van der Waals surface area (Å²) >= 11 is 0. The monoisotopic (exact) mass is 406 g/mol. The lowest BCUT2D eigenvalue weighted by Gasteiger charge is -2.19. The zero-order valence-electron chi connectivity index (χ0n) is 16.4. The maximum absolute atomic E-state index is 13.1. The number of aryl methyl sites for hydroxylation is 1. The molecule has 3 N–H and O–H groups in total. The van der Waals surface area contributed by atoms with Gasteiger partial charge in [0.05, 0.1) is 31.3 Å². The molecule has 0 amide bonds. The minimum absolute atomic E-state index is 0.0404. The van der Waals surface area contributed by atoms with Crippen molar-refractivity contribution < 1.29 is 22.6 Å². The highest BCUT2D eigenvalue weighted by atomic mass is 19.4. The zero-order chi connectivity index (χ0) is 21.3. The fraction of sp³-hybridized carbons (Fsp3) is 0.300. The molecule has 1 heterocycles. The largest absolute Gasteiger partial charge is 0.493 e. The smallest absolute Gasteiger partial charge is 0.416 e. The van der Waals surface area contributed by atoms with Gasteiger partial charge < -0.3 is 20.5 Å². The number of nitrogens with zero attached hydrogens (tertiary/aromatic N) is 2. The highest BCUT2D eigenvalue weighted by molar-refractivity contribution is 5.92. The number of fused-ring (bicyclic) bond motifs is 1. The number of aromatic nitrogens is 2. The zero-order valence-corrected chi connectivity index (χ0v) is 16.4. The van der Waals surface area contributed by atoms with Crippen LogP contribution in [0, 0.1) is 6.92 Å². The first kappa shape index (κ1) is 20.5. The molecule has 154 valence electrons. The van der Waals surface area contributed by atoms with E-state index in [2.05, 4.69) is 15.3 Å². The van der Waals surface area contributed by atoms with E-state index in [0.29, 0.717) is 39.6 Å². The van der Waals surface area contributed by atoms with Crippen LogP contribution in [0.5, 0.6) is 11.5 Å². The number of hydrogen-bond acceptors (Lipinski definition) is 6. The molecular weight excluding hydrogens is 385 g/mol. The Kier molecular flexibility index (Phi) is 5.41. The molecule has 0 bridgehead atoms. The Morgan fingerprint density at radius 3 is 2.28 bits per heavy atom. The molecule has 0 unspecified atom stereocenters. The molecule has 0 spiro atoms. The summed E-state index contributed by atoms with van der Waals surface area (Å²) < 4.78 is 50.0. The van der Waals surface area contributed by atoms with Crippen molar-refractivity contribution in [3.63, 3.8) is 0 Å². The van der Waals surface area contributed by atoms with E-state index in [1.807, 2.05) is 0 Å². The third-order valence-electron chi connectivity index (χ3n) is 4.47. The van der Waals surface area contributed by atoms with E-state index in [1.165, 1.54) is 20.3 Å². The lowest BCUT2D eigenvalue weighted by Crippen LogP contribution is -2.13. The summed E-state index contributed by atoms with van der Waals surface area (Å²) in [6, 6.07) is 6.45. The van der Waals surface area contributed by atoms with Crippen molar-refractivity contribution in [1.82, 2.24) is 9.97 Å². The maximum Gasteiger partial charge on any atom is 0.416 e. The van der Waals surface area contributed by atoms with Crippen LogP contribution in [0.2, 0.25) is 0 Å². The predicted octanol–water partition coefficient (Wildman–Crippen LogP) is 4.73. The summed E-state index contributed by atoms with van der Waals surface area (Å²) in [6.45, 7) is 3.47. The van der Waals surface area contributed by atoms with Crippen molar-refractivity contribution in [2.75, 3.05) is 25.3 Å². The molecule has 0 aliphatic rings. The molecule has 0 aliphatic carbocycles. The quantitative estimate of drug-likeness (QED) is 0.596. The third-order valence-corrected chi connectivity index (χ3v) is 4.47. The molecule has 0 fully saturated rings. The summed E-state index contributed by atoms with van der Waals surface area (Å²) in [6.07, 6.45) is -4.48. The molecule has 0 aliphatic heterocycles. The topological polar surface area (TPSA) is 82.3 Å². The molecule has 1 atom stereocenters. The fourth-order valence-electron chi connectivity index (χ4n) is 3.06. The van der Waals surface area contributed by atoms with Crippen molar-refractivity contribution in [3.8, 4) is 11.5 Å². The number of anilines is 2. The van der Waals surface area contributed by atoms with Crippen LogP contribution in [0.4, 0.5) is 24.7 Å². The Morgan fingerprint density at radius 2 is 1.66 bits per heavy atom. The number of alkyl halides is 3. The Balaban J connectivity index is 2.05. The normalized spacial score (nSPS) is 12.7. The average Bonchev–Trinajstić information content (AvgIpc) is 2.65. The second-order valence-corrected chi connectivity index (χ2v) is 6.60. The van der Waals surface area contributed by atoms with Crippen LogP contribution in [0.15, 0.2) is 30.3 Å². The molecule has 2 aromatic carbocycles. The number of nitrogens with one attached hydrogen (secondary N) is 1. The molecule has 3 rings (SSSR count). The standard InChI is InChI=1S/C20H21F3N4O2/c1-10(12-5-13(20(21,22)23)7-14(24)6-12)25-19-15-8-17(28-3)18(29-4)9-16(15)26-11(2)27-19/h5-10H,24H2,1-4H3,(H,25,26,27)/t10-/m1/s1. The number of methoxy groups -OCH3 is 2. The second kappa shape index (κ2) is 7.65. The van der Waals surface area contributed by atoms with Gasteiger partial charge in [-0.25, -0.2) is 9.97 Å². The van der Waals surface area contributed by atoms with Gasteiger partial charge in [-0.3, -0.25) is 0 Å². The van der Waals surface area contributed by atoms with Crippen molar-refractivity contribution in [2.24, 2.45) is 0 Å². The Bertz CT molecular complexity index is 1050. The number of halogens is 3. The van der Waals surface area contributed by atoms with Gasteiger partial charge in [-0.05, 0) is 43.7 Å². The first-order chi connectivity index (χ1) is 13.6. The highest BCUT2D eigenvalue weighted by Gasteiger charge is 2.31. The Morgan fingerprint density at radius 1 is 1.00 bits per heavy atom. The fourth-order valence-corrected chi connectivity index (χ4v) is 3.06. The van der Waals surface area contributed by atoms with E-state index >= 15 is 0 Å². The van der Waals surface area contributed by atoms with Gasteiger partial charge in [0.25, 0.3) is 0 Å². The van der Waals surface area contributed by atoms with E-state index < -0.39 is 17.8 Å². The number of hydrogen-bond donors (Lipinski definition) is 2. The van der Waals surface area contributed by atoms with Crippen LogP contribution in [-0.4, -0.2) is 24.2 Å². The summed E-state index contributed by atoms with van der Waals surface area (Å²) in [4.78, 5) is 8.82. The van der Waals surface area contributed by atoms with Gasteiger partial charge in [0, 0.05) is 17.1 Å². The molecular formula is C20H21F3N4O2. The van der Waals surface area contributed by atoms with Gasteiger partial charge in [-0.2, -0.15) is 13.2 Å². The molecule has 0 saturated heterocycles. The van der Waals surface area contributed by atoms with Crippen LogP contribution in [0.25, 0.3) is 10.9 Å². The first-order valence-corrected chi connectivity index (χ1v) is 8.77.